The summed E-state index contributed by atoms with van der Waals surface area (Å²) in [5.74, 6) is -3.37. The summed E-state index contributed by atoms with van der Waals surface area (Å²) in [6.07, 6.45) is 0.678. The van der Waals surface area contributed by atoms with Crippen LogP contribution in [0.5, 0.6) is 5.75 Å². The highest BCUT2D eigenvalue weighted by molar-refractivity contribution is 8.00. The Morgan fingerprint density at radius 3 is 2.44 bits per heavy atom. The fourth-order valence-electron chi connectivity index (χ4n) is 8.35. The van der Waals surface area contributed by atoms with Crippen molar-refractivity contribution in [3.05, 3.63) is 103 Å². The van der Waals surface area contributed by atoms with Crippen molar-refractivity contribution >= 4 is 69.8 Å². The maximum atomic E-state index is 14.2. The van der Waals surface area contributed by atoms with Crippen LogP contribution in [-0.4, -0.2) is 47.1 Å². The first kappa shape index (κ1) is 32.7. The Morgan fingerprint density at radius 1 is 1.00 bits per heavy atom. The summed E-state index contributed by atoms with van der Waals surface area (Å²) in [6, 6.07) is 16.8. The minimum Gasteiger partial charge on any atom is -0.483 e. The lowest BCUT2D eigenvalue weighted by molar-refractivity contribution is -0.123. The van der Waals surface area contributed by atoms with Gasteiger partial charge in [-0.2, -0.15) is 0 Å². The van der Waals surface area contributed by atoms with Gasteiger partial charge >= 0.3 is 10.8 Å². The van der Waals surface area contributed by atoms with Crippen molar-refractivity contribution in [2.45, 2.75) is 29.5 Å². The zero-order valence-electron chi connectivity index (χ0n) is 26.4. The molecule has 50 heavy (non-hydrogen) atoms. The number of anilines is 2. The van der Waals surface area contributed by atoms with Crippen LogP contribution in [0.4, 0.5) is 15.8 Å². The first-order valence-corrected chi connectivity index (χ1v) is 18.2. The summed E-state index contributed by atoms with van der Waals surface area (Å²) in [5, 5.41) is 3.77. The largest absolute Gasteiger partial charge is 0.483 e. The number of thiazole rings is 1. The van der Waals surface area contributed by atoms with E-state index < -0.39 is 35.4 Å². The van der Waals surface area contributed by atoms with Gasteiger partial charge in [0.15, 0.2) is 6.61 Å². The van der Waals surface area contributed by atoms with Crippen LogP contribution in [0, 0.1) is 35.4 Å². The molecular weight excluding hydrogens is 705 g/mol. The lowest BCUT2D eigenvalue weighted by atomic mass is 9.68. The zero-order valence-corrected chi connectivity index (χ0v) is 28.8. The second-order valence-electron chi connectivity index (χ2n) is 12.8. The lowest BCUT2D eigenvalue weighted by Crippen LogP contribution is -2.42. The first-order chi connectivity index (χ1) is 24.1. The average molecular weight is 734 g/mol. The number of ether oxygens (including phenoxy) is 2. The molecule has 2 saturated carbocycles. The minimum absolute atomic E-state index is 0.0829. The van der Waals surface area contributed by atoms with Crippen molar-refractivity contribution in [1.82, 2.24) is 4.98 Å². The van der Waals surface area contributed by atoms with Crippen LogP contribution < -0.4 is 19.8 Å². The number of halogens is 2. The number of H-pyrrole nitrogens is 1. The van der Waals surface area contributed by atoms with E-state index in [4.69, 9.17) is 21.1 Å². The summed E-state index contributed by atoms with van der Waals surface area (Å²) >= 11 is 9.23. The Morgan fingerprint density at radius 2 is 1.72 bits per heavy atom. The fourth-order valence-corrected chi connectivity index (χ4v) is 11.4. The van der Waals surface area contributed by atoms with Crippen LogP contribution in [0.1, 0.15) is 40.1 Å². The van der Waals surface area contributed by atoms with Crippen molar-refractivity contribution in [3.8, 4) is 5.75 Å². The van der Waals surface area contributed by atoms with E-state index >= 15 is 0 Å². The number of carbonyl (C=O) groups is 4. The third-order valence-corrected chi connectivity index (χ3v) is 13.0. The quantitative estimate of drug-likeness (QED) is 0.164. The van der Waals surface area contributed by atoms with Gasteiger partial charge in [-0.25, -0.2) is 9.18 Å². The molecule has 2 aliphatic heterocycles. The first-order valence-electron chi connectivity index (χ1n) is 16.1. The highest BCUT2D eigenvalue weighted by Gasteiger charge is 2.70. The van der Waals surface area contributed by atoms with Gasteiger partial charge in [0.1, 0.15) is 11.6 Å². The third kappa shape index (κ3) is 5.42. The number of nitrogens with one attached hydrogen (secondary N) is 2. The second-order valence-corrected chi connectivity index (χ2v) is 15.4. The number of aromatic nitrogens is 1. The molecule has 0 spiro atoms. The molecule has 7 atom stereocenters. The van der Waals surface area contributed by atoms with Gasteiger partial charge in [0, 0.05) is 32.3 Å². The van der Waals surface area contributed by atoms with E-state index in [1.54, 1.807) is 61.2 Å². The van der Waals surface area contributed by atoms with Crippen LogP contribution >= 0.6 is 34.7 Å². The molecule has 2 N–H and O–H groups in total. The van der Waals surface area contributed by atoms with E-state index in [-0.39, 0.29) is 52.9 Å². The molecule has 4 aliphatic rings. The van der Waals surface area contributed by atoms with Gasteiger partial charge in [0.2, 0.25) is 11.8 Å². The summed E-state index contributed by atoms with van der Waals surface area (Å²) < 4.78 is 24.5. The Bertz CT molecular complexity index is 2100. The molecule has 3 aromatic carbocycles. The molecule has 14 heteroatoms. The normalized spacial score (nSPS) is 26.0. The number of rotatable bonds is 8. The summed E-state index contributed by atoms with van der Waals surface area (Å²) in [5.41, 5.74) is 1.84. The molecule has 2 bridgehead atoms. The van der Waals surface area contributed by atoms with Crippen molar-refractivity contribution in [3.63, 3.8) is 0 Å². The zero-order chi connectivity index (χ0) is 34.8. The Hall–Kier alpha value is -4.46. The number of amides is 3. The number of imide groups is 1. The van der Waals surface area contributed by atoms with Gasteiger partial charge < -0.3 is 19.8 Å². The lowest BCUT2D eigenvalue weighted by Gasteiger charge is -2.43. The highest BCUT2D eigenvalue weighted by atomic mass is 35.5. The summed E-state index contributed by atoms with van der Waals surface area (Å²) in [4.78, 5) is 70.9. The Labute approximate surface area is 298 Å². The molecule has 8 rings (SSSR count). The maximum Gasteiger partial charge on any atom is 0.338 e. The SMILES string of the molecule is CCOC(=O)c1ccc(N2C(=O)C3C4CC(C3C2=O)C2C4Sc3[nH]c(=O)sc3[C@@H]2c2cc(Cl)ccc2OCC(=O)Nc2ccc(F)cc2)cc1. The van der Waals surface area contributed by atoms with E-state index in [0.717, 1.165) is 21.2 Å². The van der Waals surface area contributed by atoms with Crippen molar-refractivity contribution in [2.24, 2.45) is 29.6 Å². The van der Waals surface area contributed by atoms with E-state index in [1.165, 1.54) is 29.2 Å². The number of esters is 1. The van der Waals surface area contributed by atoms with E-state index in [0.29, 0.717) is 39.7 Å². The number of benzene rings is 3. The number of hydrogen-bond donors (Lipinski definition) is 2. The topological polar surface area (TPSA) is 135 Å². The molecular formula is C36H29ClFN3O7S2. The number of fused-ring (bicyclic) bond motifs is 9. The predicted octanol–water partition coefficient (Wildman–Crippen LogP) is 6.10. The Balaban J connectivity index is 1.11. The third-order valence-electron chi connectivity index (χ3n) is 10.2. The number of aromatic amines is 1. The van der Waals surface area contributed by atoms with Gasteiger partial charge in [-0.05, 0) is 97.8 Å². The summed E-state index contributed by atoms with van der Waals surface area (Å²) in [7, 11) is 0. The van der Waals surface area contributed by atoms with E-state index in [1.807, 2.05) is 0 Å². The van der Waals surface area contributed by atoms with Crippen LogP contribution in [-0.2, 0) is 19.1 Å². The minimum atomic E-state index is -0.552. The van der Waals surface area contributed by atoms with Gasteiger partial charge in [-0.1, -0.05) is 22.9 Å². The predicted molar refractivity (Wildman–Crippen MR) is 185 cm³/mol. The number of nitrogens with zero attached hydrogens (tertiary/aromatic N) is 1. The van der Waals surface area contributed by atoms with Gasteiger partial charge in [-0.3, -0.25) is 24.1 Å². The van der Waals surface area contributed by atoms with E-state index in [9.17, 15) is 28.4 Å². The number of carbonyl (C=O) groups excluding carboxylic acids is 4. The molecule has 1 saturated heterocycles. The molecule has 0 radical (unpaired) electrons. The summed E-state index contributed by atoms with van der Waals surface area (Å²) in [6.45, 7) is 1.60. The average Bonchev–Trinajstić information content (AvgIpc) is 3.84. The maximum absolute atomic E-state index is 14.2. The van der Waals surface area contributed by atoms with Crippen LogP contribution in [0.15, 0.2) is 76.6 Å². The second kappa shape index (κ2) is 12.7. The van der Waals surface area contributed by atoms with Crippen molar-refractivity contribution < 1.29 is 33.0 Å². The van der Waals surface area contributed by atoms with Crippen molar-refractivity contribution in [1.29, 1.82) is 0 Å². The van der Waals surface area contributed by atoms with Crippen LogP contribution in [0.25, 0.3) is 0 Å². The van der Waals surface area contributed by atoms with Crippen LogP contribution in [0.3, 0.4) is 0 Å². The standard InChI is InChI=1S/C36H29ClFN3O7S2/c1-2-47-35(45)16-3-10-20(11-4-16)41-33(43)28-22-14-23(29(28)34(41)44)30-27(22)26(31-32(49-30)40-36(46)50-31)21-13-17(37)5-12-24(21)48-15-25(42)39-19-8-6-18(38)7-9-19/h3-13,22-23,26-30H,2,14-15H2,1H3,(H,39,42)(H,40,46)/t22?,23?,26-,27?,28?,29?,30?/m1/s1. The Kier molecular flexibility index (Phi) is 8.31. The molecule has 4 aromatic rings. The van der Waals surface area contributed by atoms with E-state index in [2.05, 4.69) is 10.3 Å². The van der Waals surface area contributed by atoms with Gasteiger partial charge in [-0.15, -0.1) is 11.8 Å². The van der Waals surface area contributed by atoms with Crippen LogP contribution in [0.2, 0.25) is 5.02 Å². The van der Waals surface area contributed by atoms with Gasteiger partial charge in [0.25, 0.3) is 5.91 Å². The number of hydrogen-bond acceptors (Lipinski definition) is 9. The van der Waals surface area contributed by atoms with Gasteiger partial charge in [0.05, 0.1) is 34.7 Å². The monoisotopic (exact) mass is 733 g/mol. The molecule has 256 valence electrons. The molecule has 10 nitrogen and oxygen atoms in total. The molecule has 1 aromatic heterocycles. The molecule has 3 heterocycles. The fraction of sp³-hybridized carbons (Fsp3) is 0.306. The highest BCUT2D eigenvalue weighted by Crippen LogP contribution is 2.69. The molecule has 3 fully saturated rings. The molecule has 6 unspecified atom stereocenters. The number of thioether (sulfide) groups is 1. The van der Waals surface area contributed by atoms with Crippen molar-refractivity contribution in [2.75, 3.05) is 23.4 Å². The smallest absolute Gasteiger partial charge is 0.338 e. The molecule has 3 amide bonds. The molecule has 2 aliphatic carbocycles.